The van der Waals surface area contributed by atoms with Crippen molar-refractivity contribution in [3.8, 4) is 135 Å². The molecule has 18 rings (SSSR count). The Hall–Kier alpha value is -13.3. The molecule has 0 spiro atoms. The SMILES string of the molecule is c1ccc(-c2cccc(-c3ccc4c(c3)c3cc(-c5cccc(-c6ccccc6)n5)ccc3n4-c3cc(-c4cc(-c5ccccc5)nc(-c5ccccc5)n4)cc(-n4c5ccc(-c6cccc(-c7ccccc7)n6)cc5c5cc(-c6cccc(-c7ccccc7)n6)ccc54)c3)n2)cc1. The van der Waals surface area contributed by atoms with Gasteiger partial charge in [0, 0.05) is 94.1 Å². The average Bonchev–Trinajstić information content (AvgIpc) is 1.57. The van der Waals surface area contributed by atoms with Crippen LogP contribution in [0.3, 0.4) is 0 Å². The van der Waals surface area contributed by atoms with E-state index in [1.54, 1.807) is 0 Å². The van der Waals surface area contributed by atoms with Crippen molar-refractivity contribution in [2.45, 2.75) is 0 Å². The monoisotopic (exact) mass is 1250 g/mol. The third kappa shape index (κ3) is 10.7. The highest BCUT2D eigenvalue weighted by Crippen LogP contribution is 2.43. The molecule has 8 heteroatoms. The molecule has 0 N–H and O–H groups in total. The van der Waals surface area contributed by atoms with Crippen molar-refractivity contribution in [3.63, 3.8) is 0 Å². The van der Waals surface area contributed by atoms with Crippen LogP contribution in [0.5, 0.6) is 0 Å². The summed E-state index contributed by atoms with van der Waals surface area (Å²) in [5.74, 6) is 0.632. The van der Waals surface area contributed by atoms with E-state index in [0.717, 1.165) is 173 Å². The number of pyridine rings is 4. The van der Waals surface area contributed by atoms with Crippen LogP contribution in [0.2, 0.25) is 0 Å². The number of rotatable bonds is 13. The van der Waals surface area contributed by atoms with Crippen molar-refractivity contribution in [2.75, 3.05) is 0 Å². The van der Waals surface area contributed by atoms with Crippen molar-refractivity contribution >= 4 is 43.6 Å². The van der Waals surface area contributed by atoms with E-state index in [1.807, 2.05) is 48.5 Å². The minimum atomic E-state index is 0.632. The lowest BCUT2D eigenvalue weighted by molar-refractivity contribution is 1.13. The van der Waals surface area contributed by atoms with Crippen LogP contribution in [0.25, 0.3) is 179 Å². The van der Waals surface area contributed by atoms with Crippen molar-refractivity contribution < 1.29 is 0 Å². The van der Waals surface area contributed by atoms with E-state index in [1.165, 1.54) is 0 Å². The quantitative estimate of drug-likeness (QED) is 0.114. The second kappa shape index (κ2) is 24.6. The van der Waals surface area contributed by atoms with E-state index in [-0.39, 0.29) is 0 Å². The molecule has 8 nitrogen and oxygen atoms in total. The second-order valence-corrected chi connectivity index (χ2v) is 24.6. The van der Waals surface area contributed by atoms with E-state index in [2.05, 4.69) is 312 Å². The van der Waals surface area contributed by atoms with Crippen LogP contribution >= 0.6 is 0 Å². The topological polar surface area (TPSA) is 87.2 Å². The molecule has 0 amide bonds. The van der Waals surface area contributed by atoms with Gasteiger partial charge in [-0.15, -0.1) is 0 Å². The van der Waals surface area contributed by atoms with Crippen molar-refractivity contribution in [1.82, 2.24) is 39.0 Å². The molecule has 0 aliphatic carbocycles. The molecular weight excluding hydrogens is 1190 g/mol. The van der Waals surface area contributed by atoms with E-state index in [0.29, 0.717) is 5.82 Å². The molecule has 18 aromatic rings. The Labute approximate surface area is 566 Å². The standard InChI is InChI=1S/C90H58N8/c1-7-23-59(24-8-1)76-35-19-39-80(91-76)65-43-47-86-72(53-65)73-54-66(81-40-20-36-77(92-81)60-25-9-2-10-26-60)44-48-87(73)97(86)70-51-69(85-58-84(63-31-15-5-16-32-63)95-90(96-85)64-33-17-6-18-34-64)52-71(57-70)98-88-49-45-67(82-41-21-37-78(93-82)61-27-11-3-12-28-61)55-74(88)75-56-68(46-50-89(75)98)83-42-22-38-79(94-83)62-29-13-4-14-30-62/h1-58H. The summed E-state index contributed by atoms with van der Waals surface area (Å²) >= 11 is 0. The maximum absolute atomic E-state index is 5.53. The fraction of sp³-hybridized carbons (Fsp3) is 0. The number of benzene rings is 11. The summed E-state index contributed by atoms with van der Waals surface area (Å²) in [4.78, 5) is 32.0. The maximum atomic E-state index is 5.53. The van der Waals surface area contributed by atoms with Gasteiger partial charge >= 0.3 is 0 Å². The normalized spacial score (nSPS) is 11.5. The zero-order valence-corrected chi connectivity index (χ0v) is 53.1. The first-order valence-electron chi connectivity index (χ1n) is 33.0. The highest BCUT2D eigenvalue weighted by atomic mass is 15.0. The molecule has 0 saturated heterocycles. The first-order chi connectivity index (χ1) is 48.5. The average molecular weight is 1250 g/mol. The molecule has 98 heavy (non-hydrogen) atoms. The van der Waals surface area contributed by atoms with Gasteiger partial charge in [-0.1, -0.05) is 231 Å². The van der Waals surface area contributed by atoms with Gasteiger partial charge in [-0.05, 0) is 121 Å². The third-order valence-corrected chi connectivity index (χ3v) is 18.5. The molecule has 0 saturated carbocycles. The smallest absolute Gasteiger partial charge is 0.160 e. The summed E-state index contributed by atoms with van der Waals surface area (Å²) < 4.78 is 4.84. The van der Waals surface area contributed by atoms with Gasteiger partial charge in [0.05, 0.1) is 79.0 Å². The third-order valence-electron chi connectivity index (χ3n) is 18.5. The summed E-state index contributed by atoms with van der Waals surface area (Å²) in [6.07, 6.45) is 0. The molecular formula is C90H58N8. The second-order valence-electron chi connectivity index (χ2n) is 24.6. The first kappa shape index (κ1) is 57.4. The Bertz CT molecular complexity index is 5390. The Morgan fingerprint density at radius 2 is 0.398 bits per heavy atom. The van der Waals surface area contributed by atoms with Gasteiger partial charge in [0.25, 0.3) is 0 Å². The van der Waals surface area contributed by atoms with Crippen LogP contribution in [-0.4, -0.2) is 39.0 Å². The Balaban J connectivity index is 0.896. The summed E-state index contributed by atoms with van der Waals surface area (Å²) in [5, 5.41) is 4.29. The van der Waals surface area contributed by atoms with Crippen LogP contribution in [-0.2, 0) is 0 Å². The van der Waals surface area contributed by atoms with Gasteiger partial charge < -0.3 is 9.13 Å². The zero-order valence-electron chi connectivity index (χ0n) is 53.1. The fourth-order valence-corrected chi connectivity index (χ4v) is 13.8. The molecule has 0 aliphatic rings. The summed E-state index contributed by atoms with van der Waals surface area (Å²) in [6.45, 7) is 0. The molecule has 0 atom stereocenters. The van der Waals surface area contributed by atoms with Crippen LogP contribution in [0, 0.1) is 0 Å². The molecule has 0 bridgehead atoms. The van der Waals surface area contributed by atoms with E-state index < -0.39 is 0 Å². The summed E-state index contributed by atoms with van der Waals surface area (Å²) in [7, 11) is 0. The van der Waals surface area contributed by atoms with Crippen LogP contribution in [0.15, 0.2) is 352 Å². The minimum absolute atomic E-state index is 0.632. The lowest BCUT2D eigenvalue weighted by Gasteiger charge is -2.17. The number of aromatic nitrogens is 8. The molecule has 0 aliphatic heterocycles. The van der Waals surface area contributed by atoms with Gasteiger partial charge in [-0.25, -0.2) is 29.9 Å². The van der Waals surface area contributed by atoms with Crippen molar-refractivity contribution in [1.29, 1.82) is 0 Å². The molecule has 7 aromatic heterocycles. The lowest BCUT2D eigenvalue weighted by atomic mass is 10.0. The van der Waals surface area contributed by atoms with Gasteiger partial charge in [-0.3, -0.25) is 0 Å². The van der Waals surface area contributed by atoms with Crippen LogP contribution in [0.4, 0.5) is 0 Å². The number of hydrogen-bond donors (Lipinski definition) is 0. The largest absolute Gasteiger partial charge is 0.309 e. The van der Waals surface area contributed by atoms with E-state index in [9.17, 15) is 0 Å². The molecule has 458 valence electrons. The predicted molar refractivity (Wildman–Crippen MR) is 402 cm³/mol. The Kier molecular flexibility index (Phi) is 14.4. The predicted octanol–water partition coefficient (Wildman–Crippen LogP) is 22.6. The first-order valence-corrected chi connectivity index (χ1v) is 33.0. The number of hydrogen-bond acceptors (Lipinski definition) is 6. The van der Waals surface area contributed by atoms with E-state index >= 15 is 0 Å². The van der Waals surface area contributed by atoms with Crippen LogP contribution in [0.1, 0.15) is 0 Å². The molecule has 0 radical (unpaired) electrons. The van der Waals surface area contributed by atoms with Crippen LogP contribution < -0.4 is 0 Å². The lowest BCUT2D eigenvalue weighted by Crippen LogP contribution is -2.02. The van der Waals surface area contributed by atoms with Crippen molar-refractivity contribution in [3.05, 3.63) is 352 Å². The summed E-state index contributed by atoms with van der Waals surface area (Å²) in [6, 6.07) is 124. The van der Waals surface area contributed by atoms with E-state index in [4.69, 9.17) is 29.9 Å². The highest BCUT2D eigenvalue weighted by molar-refractivity contribution is 6.13. The molecule has 7 heterocycles. The fourth-order valence-electron chi connectivity index (χ4n) is 13.8. The molecule has 11 aromatic carbocycles. The number of fused-ring (bicyclic) bond motifs is 6. The number of nitrogens with zero attached hydrogens (tertiary/aromatic N) is 8. The zero-order chi connectivity index (χ0) is 64.9. The van der Waals surface area contributed by atoms with Gasteiger partial charge in [0.15, 0.2) is 5.82 Å². The van der Waals surface area contributed by atoms with Gasteiger partial charge in [0.2, 0.25) is 0 Å². The Morgan fingerprint density at radius 1 is 0.153 bits per heavy atom. The Morgan fingerprint density at radius 3 is 0.684 bits per heavy atom. The maximum Gasteiger partial charge on any atom is 0.160 e. The molecule has 0 fully saturated rings. The highest BCUT2D eigenvalue weighted by Gasteiger charge is 2.23. The van der Waals surface area contributed by atoms with Gasteiger partial charge in [-0.2, -0.15) is 0 Å². The van der Waals surface area contributed by atoms with Crippen molar-refractivity contribution in [2.24, 2.45) is 0 Å². The molecule has 0 unspecified atom stereocenters. The van der Waals surface area contributed by atoms with Gasteiger partial charge in [0.1, 0.15) is 0 Å². The minimum Gasteiger partial charge on any atom is -0.309 e. The summed E-state index contributed by atoms with van der Waals surface area (Å²) in [5.41, 5.74) is 25.9.